The van der Waals surface area contributed by atoms with Crippen molar-refractivity contribution < 1.29 is 19.6 Å². The Balaban J connectivity index is 2.03. The Morgan fingerprint density at radius 2 is 1.47 bits per heavy atom. The molecular weight excluding hydrogens is 430 g/mol. The average Bonchev–Trinajstić information content (AvgIpc) is 2.84. The van der Waals surface area contributed by atoms with Crippen LogP contribution in [0.1, 0.15) is 56.0 Å². The van der Waals surface area contributed by atoms with E-state index in [1.54, 1.807) is 58.9 Å². The fraction of sp³-hybridized carbons (Fsp3) is 0.222. The van der Waals surface area contributed by atoms with E-state index in [2.05, 4.69) is 5.32 Å². The maximum atomic E-state index is 13.1. The van der Waals surface area contributed by atoms with E-state index < -0.39 is 5.91 Å². The molecule has 0 aliphatic carbocycles. The second kappa shape index (κ2) is 10.8. The van der Waals surface area contributed by atoms with Gasteiger partial charge in [0, 0.05) is 35.5 Å². The van der Waals surface area contributed by atoms with Crippen LogP contribution in [0.2, 0.25) is 0 Å². The average molecular weight is 460 g/mol. The molecule has 3 N–H and O–H groups in total. The predicted molar refractivity (Wildman–Crippen MR) is 132 cm³/mol. The van der Waals surface area contributed by atoms with E-state index in [4.69, 9.17) is 5.21 Å². The van der Waals surface area contributed by atoms with Crippen LogP contribution in [-0.2, 0) is 0 Å². The predicted octanol–water partition coefficient (Wildman–Crippen LogP) is 4.82. The summed E-state index contributed by atoms with van der Waals surface area (Å²) in [4.78, 5) is 39.5. The van der Waals surface area contributed by atoms with Crippen LogP contribution in [0.4, 0.5) is 5.69 Å². The minimum Gasteiger partial charge on any atom is -0.339 e. The Morgan fingerprint density at radius 3 is 2.06 bits per heavy atom. The lowest BCUT2D eigenvalue weighted by Crippen LogP contribution is -2.30. The van der Waals surface area contributed by atoms with Crippen LogP contribution in [0, 0.1) is 13.8 Å². The Kier molecular flexibility index (Phi) is 7.81. The van der Waals surface area contributed by atoms with Gasteiger partial charge < -0.3 is 10.2 Å². The molecule has 0 spiro atoms. The number of hydrogen-bond acceptors (Lipinski definition) is 4. The zero-order valence-corrected chi connectivity index (χ0v) is 19.8. The lowest BCUT2D eigenvalue weighted by atomic mass is 9.99. The van der Waals surface area contributed by atoms with Crippen LogP contribution in [0.3, 0.4) is 0 Å². The van der Waals surface area contributed by atoms with Crippen molar-refractivity contribution in [1.82, 2.24) is 10.4 Å². The van der Waals surface area contributed by atoms with Gasteiger partial charge in [-0.25, -0.2) is 5.48 Å². The smallest absolute Gasteiger partial charge is 0.274 e. The fourth-order valence-corrected chi connectivity index (χ4v) is 3.83. The summed E-state index contributed by atoms with van der Waals surface area (Å²) in [5.41, 5.74) is 6.82. The van der Waals surface area contributed by atoms with Crippen LogP contribution in [-0.4, -0.2) is 40.9 Å². The van der Waals surface area contributed by atoms with Gasteiger partial charge in [-0.15, -0.1) is 0 Å². The highest BCUT2D eigenvalue weighted by atomic mass is 16.5. The first-order valence-electron chi connectivity index (χ1n) is 11.1. The molecule has 0 aromatic heterocycles. The number of carbonyl (C=O) groups excluding carboxylic acids is 3. The Morgan fingerprint density at radius 1 is 0.794 bits per heavy atom. The van der Waals surface area contributed by atoms with Crippen LogP contribution in [0.25, 0.3) is 11.1 Å². The van der Waals surface area contributed by atoms with Gasteiger partial charge in [-0.2, -0.15) is 0 Å². The summed E-state index contributed by atoms with van der Waals surface area (Å²) in [5.74, 6) is -1.01. The van der Waals surface area contributed by atoms with Gasteiger partial charge in [-0.1, -0.05) is 29.8 Å². The normalized spacial score (nSPS) is 10.5. The van der Waals surface area contributed by atoms with Gasteiger partial charge in [0.05, 0.1) is 0 Å². The summed E-state index contributed by atoms with van der Waals surface area (Å²) < 4.78 is 0. The first-order valence-corrected chi connectivity index (χ1v) is 11.1. The van der Waals surface area contributed by atoms with Gasteiger partial charge >= 0.3 is 0 Å². The van der Waals surface area contributed by atoms with E-state index in [1.807, 2.05) is 39.8 Å². The largest absolute Gasteiger partial charge is 0.339 e. The molecular formula is C27H29N3O4. The Labute approximate surface area is 199 Å². The van der Waals surface area contributed by atoms with Crippen LogP contribution in [0.15, 0.2) is 60.7 Å². The standard InChI is InChI=1S/C27H29N3O4/c1-5-30(6-2)27(33)22-14-21(19-8-10-20(11-9-19)25(31)29-34)15-23(16-22)28-26(32)24-12-7-17(3)13-18(24)4/h7-16,34H,5-6H2,1-4H3,(H,28,32)(H,29,31). The van der Waals surface area contributed by atoms with E-state index in [9.17, 15) is 14.4 Å². The third-order valence-corrected chi connectivity index (χ3v) is 5.70. The molecule has 3 aromatic rings. The van der Waals surface area contributed by atoms with Gasteiger partial charge in [0.1, 0.15) is 0 Å². The highest BCUT2D eigenvalue weighted by molar-refractivity contribution is 6.06. The van der Waals surface area contributed by atoms with Gasteiger partial charge in [-0.3, -0.25) is 19.6 Å². The molecule has 34 heavy (non-hydrogen) atoms. The number of carbonyl (C=O) groups is 3. The zero-order chi connectivity index (χ0) is 24.8. The van der Waals surface area contributed by atoms with E-state index in [-0.39, 0.29) is 11.8 Å². The molecule has 7 nitrogen and oxygen atoms in total. The van der Waals surface area contributed by atoms with Crippen molar-refractivity contribution in [3.05, 3.63) is 88.5 Å². The van der Waals surface area contributed by atoms with Gasteiger partial charge in [0.15, 0.2) is 0 Å². The molecule has 0 fully saturated rings. The third kappa shape index (κ3) is 5.50. The highest BCUT2D eigenvalue weighted by Gasteiger charge is 2.17. The van der Waals surface area contributed by atoms with E-state index in [0.29, 0.717) is 41.0 Å². The molecule has 0 saturated heterocycles. The molecule has 0 aliphatic rings. The number of nitrogens with zero attached hydrogens (tertiary/aromatic N) is 1. The number of aryl methyl sites for hydroxylation is 2. The lowest BCUT2D eigenvalue weighted by molar-refractivity contribution is 0.0706. The van der Waals surface area contributed by atoms with Crippen molar-refractivity contribution in [1.29, 1.82) is 0 Å². The molecule has 0 unspecified atom stereocenters. The van der Waals surface area contributed by atoms with Crippen molar-refractivity contribution in [2.24, 2.45) is 0 Å². The van der Waals surface area contributed by atoms with E-state index in [1.165, 1.54) is 0 Å². The van der Waals surface area contributed by atoms with Gasteiger partial charge in [-0.05, 0) is 80.8 Å². The maximum absolute atomic E-state index is 13.1. The molecule has 0 saturated carbocycles. The first kappa shape index (κ1) is 24.7. The lowest BCUT2D eigenvalue weighted by Gasteiger charge is -2.20. The molecule has 0 heterocycles. The molecule has 0 radical (unpaired) electrons. The van der Waals surface area contributed by atoms with Crippen LogP contribution >= 0.6 is 0 Å². The van der Waals surface area contributed by atoms with E-state index in [0.717, 1.165) is 16.7 Å². The molecule has 176 valence electrons. The maximum Gasteiger partial charge on any atom is 0.274 e. The summed E-state index contributed by atoms with van der Waals surface area (Å²) in [6.07, 6.45) is 0. The van der Waals surface area contributed by atoms with Crippen molar-refractivity contribution in [3.8, 4) is 11.1 Å². The summed E-state index contributed by atoms with van der Waals surface area (Å²) in [6, 6.07) is 17.5. The number of hydroxylamine groups is 1. The number of benzene rings is 3. The summed E-state index contributed by atoms with van der Waals surface area (Å²) in [7, 11) is 0. The third-order valence-electron chi connectivity index (χ3n) is 5.70. The molecule has 3 rings (SSSR count). The van der Waals surface area contributed by atoms with Crippen molar-refractivity contribution >= 4 is 23.4 Å². The molecule has 0 atom stereocenters. The second-order valence-electron chi connectivity index (χ2n) is 8.07. The molecule has 3 amide bonds. The number of rotatable bonds is 7. The minimum atomic E-state index is -0.613. The Hall–Kier alpha value is -3.97. The topological polar surface area (TPSA) is 98.7 Å². The fourth-order valence-electron chi connectivity index (χ4n) is 3.83. The zero-order valence-electron chi connectivity index (χ0n) is 19.8. The SMILES string of the molecule is CCN(CC)C(=O)c1cc(NC(=O)c2ccc(C)cc2C)cc(-c2ccc(C(=O)NO)cc2)c1. The van der Waals surface area contributed by atoms with Crippen LogP contribution in [0.5, 0.6) is 0 Å². The van der Waals surface area contributed by atoms with Crippen molar-refractivity contribution in [2.45, 2.75) is 27.7 Å². The molecule has 0 bridgehead atoms. The summed E-state index contributed by atoms with van der Waals surface area (Å²) in [6.45, 7) is 8.82. The molecule has 0 aliphatic heterocycles. The van der Waals surface area contributed by atoms with Crippen molar-refractivity contribution in [2.75, 3.05) is 18.4 Å². The highest BCUT2D eigenvalue weighted by Crippen LogP contribution is 2.27. The minimum absolute atomic E-state index is 0.134. The quantitative estimate of drug-likeness (QED) is 0.348. The number of nitrogens with one attached hydrogen (secondary N) is 2. The summed E-state index contributed by atoms with van der Waals surface area (Å²) >= 11 is 0. The number of anilines is 1. The van der Waals surface area contributed by atoms with Crippen molar-refractivity contribution in [3.63, 3.8) is 0 Å². The molecule has 7 heteroatoms. The molecule has 3 aromatic carbocycles. The van der Waals surface area contributed by atoms with Gasteiger partial charge in [0.2, 0.25) is 0 Å². The Bertz CT molecular complexity index is 1220. The van der Waals surface area contributed by atoms with E-state index >= 15 is 0 Å². The first-order chi connectivity index (χ1) is 16.3. The van der Waals surface area contributed by atoms with Crippen LogP contribution < -0.4 is 10.8 Å². The number of amides is 3. The monoisotopic (exact) mass is 459 g/mol. The number of hydrogen-bond donors (Lipinski definition) is 3. The van der Waals surface area contributed by atoms with Gasteiger partial charge in [0.25, 0.3) is 17.7 Å². The summed E-state index contributed by atoms with van der Waals surface area (Å²) in [5, 5.41) is 11.8. The second-order valence-corrected chi connectivity index (χ2v) is 8.07.